The second-order valence-electron chi connectivity index (χ2n) is 4.59. The first-order valence-corrected chi connectivity index (χ1v) is 6.83. The molecule has 0 atom stereocenters. The average Bonchev–Trinajstić information content (AvgIpc) is 2.53. The van der Waals surface area contributed by atoms with Crippen molar-refractivity contribution >= 4 is 0 Å². The standard InChI is InChI=1S/C17H20O4/c1-13-4-3-5-14(12-18)17(13)21-11-10-20-16-8-6-15(19-2)7-9-16/h3-9,18H,10-12H2,1-2H3. The van der Waals surface area contributed by atoms with Gasteiger partial charge in [-0.15, -0.1) is 0 Å². The highest BCUT2D eigenvalue weighted by molar-refractivity contribution is 5.40. The molecule has 4 heteroatoms. The fourth-order valence-electron chi connectivity index (χ4n) is 2.02. The molecule has 0 aliphatic carbocycles. The Kier molecular flexibility index (Phi) is 5.46. The van der Waals surface area contributed by atoms with Crippen LogP contribution in [-0.4, -0.2) is 25.4 Å². The van der Waals surface area contributed by atoms with E-state index in [0.29, 0.717) is 13.2 Å². The summed E-state index contributed by atoms with van der Waals surface area (Å²) in [6, 6.07) is 13.1. The highest BCUT2D eigenvalue weighted by Crippen LogP contribution is 2.23. The minimum Gasteiger partial charge on any atom is -0.497 e. The number of ether oxygens (including phenoxy) is 3. The fourth-order valence-corrected chi connectivity index (χ4v) is 2.02. The lowest BCUT2D eigenvalue weighted by Crippen LogP contribution is -2.10. The lowest BCUT2D eigenvalue weighted by atomic mass is 10.1. The maximum absolute atomic E-state index is 9.30. The highest BCUT2D eigenvalue weighted by Gasteiger charge is 2.06. The van der Waals surface area contributed by atoms with Crippen molar-refractivity contribution in [1.82, 2.24) is 0 Å². The summed E-state index contributed by atoms with van der Waals surface area (Å²) in [5, 5.41) is 9.30. The predicted molar refractivity (Wildman–Crippen MR) is 81.1 cm³/mol. The van der Waals surface area contributed by atoms with E-state index in [-0.39, 0.29) is 6.61 Å². The van der Waals surface area contributed by atoms with Gasteiger partial charge in [-0.3, -0.25) is 0 Å². The summed E-state index contributed by atoms with van der Waals surface area (Å²) in [4.78, 5) is 0. The van der Waals surface area contributed by atoms with Crippen molar-refractivity contribution in [3.63, 3.8) is 0 Å². The van der Waals surface area contributed by atoms with Gasteiger partial charge >= 0.3 is 0 Å². The van der Waals surface area contributed by atoms with Crippen LogP contribution in [-0.2, 0) is 6.61 Å². The van der Waals surface area contributed by atoms with Crippen LogP contribution in [0.1, 0.15) is 11.1 Å². The number of methoxy groups -OCH3 is 1. The van der Waals surface area contributed by atoms with Gasteiger partial charge < -0.3 is 19.3 Å². The second-order valence-corrected chi connectivity index (χ2v) is 4.59. The Labute approximate surface area is 124 Å². The molecule has 0 spiro atoms. The molecular weight excluding hydrogens is 268 g/mol. The van der Waals surface area contributed by atoms with E-state index in [0.717, 1.165) is 28.4 Å². The smallest absolute Gasteiger partial charge is 0.127 e. The quantitative estimate of drug-likeness (QED) is 0.796. The first kappa shape index (κ1) is 15.2. The molecule has 112 valence electrons. The molecule has 2 rings (SSSR count). The van der Waals surface area contributed by atoms with E-state index in [1.807, 2.05) is 49.4 Å². The molecule has 0 saturated carbocycles. The number of para-hydroxylation sites is 1. The molecule has 1 N–H and O–H groups in total. The van der Waals surface area contributed by atoms with E-state index in [1.54, 1.807) is 7.11 Å². The molecule has 4 nitrogen and oxygen atoms in total. The largest absolute Gasteiger partial charge is 0.497 e. The zero-order valence-electron chi connectivity index (χ0n) is 12.3. The fraction of sp³-hybridized carbons (Fsp3) is 0.294. The molecule has 0 bridgehead atoms. The van der Waals surface area contributed by atoms with Crippen molar-refractivity contribution in [2.45, 2.75) is 13.5 Å². The Hall–Kier alpha value is -2.20. The van der Waals surface area contributed by atoms with Crippen molar-refractivity contribution in [2.24, 2.45) is 0 Å². The van der Waals surface area contributed by atoms with E-state index in [2.05, 4.69) is 0 Å². The van der Waals surface area contributed by atoms with Crippen LogP contribution >= 0.6 is 0 Å². The lowest BCUT2D eigenvalue weighted by Gasteiger charge is -2.13. The van der Waals surface area contributed by atoms with E-state index in [1.165, 1.54) is 0 Å². The molecule has 0 saturated heterocycles. The number of rotatable bonds is 7. The average molecular weight is 288 g/mol. The van der Waals surface area contributed by atoms with Crippen LogP contribution in [0, 0.1) is 6.92 Å². The Morgan fingerprint density at radius 1 is 0.905 bits per heavy atom. The summed E-state index contributed by atoms with van der Waals surface area (Å²) in [5.41, 5.74) is 1.80. The maximum Gasteiger partial charge on any atom is 0.127 e. The zero-order valence-corrected chi connectivity index (χ0v) is 12.3. The van der Waals surface area contributed by atoms with Crippen LogP contribution < -0.4 is 14.2 Å². The maximum atomic E-state index is 9.30. The van der Waals surface area contributed by atoms with Crippen LogP contribution in [0.25, 0.3) is 0 Å². The van der Waals surface area contributed by atoms with Gasteiger partial charge in [0, 0.05) is 5.56 Å². The molecule has 0 aliphatic rings. The zero-order chi connectivity index (χ0) is 15.1. The Balaban J connectivity index is 1.84. The van der Waals surface area contributed by atoms with Crippen LogP contribution in [0.2, 0.25) is 0 Å². The second kappa shape index (κ2) is 7.55. The lowest BCUT2D eigenvalue weighted by molar-refractivity contribution is 0.209. The number of aliphatic hydroxyl groups excluding tert-OH is 1. The summed E-state index contributed by atoms with van der Waals surface area (Å²) in [6.45, 7) is 2.78. The number of hydrogen-bond acceptors (Lipinski definition) is 4. The third kappa shape index (κ3) is 4.13. The van der Waals surface area contributed by atoms with Gasteiger partial charge in [0.1, 0.15) is 30.5 Å². The minimum atomic E-state index is -0.0314. The van der Waals surface area contributed by atoms with E-state index in [4.69, 9.17) is 14.2 Å². The molecular formula is C17H20O4. The Morgan fingerprint density at radius 2 is 1.57 bits per heavy atom. The minimum absolute atomic E-state index is 0.0314. The molecule has 0 fully saturated rings. The summed E-state index contributed by atoms with van der Waals surface area (Å²) in [5.74, 6) is 2.30. The highest BCUT2D eigenvalue weighted by atomic mass is 16.5. The van der Waals surface area contributed by atoms with Crippen molar-refractivity contribution in [2.75, 3.05) is 20.3 Å². The molecule has 0 radical (unpaired) electrons. The molecule has 0 unspecified atom stereocenters. The summed E-state index contributed by atoms with van der Waals surface area (Å²) in [7, 11) is 1.63. The van der Waals surface area contributed by atoms with Gasteiger partial charge in [0.2, 0.25) is 0 Å². The van der Waals surface area contributed by atoms with Gasteiger partial charge in [-0.25, -0.2) is 0 Å². The summed E-state index contributed by atoms with van der Waals surface area (Å²) in [6.07, 6.45) is 0. The number of benzene rings is 2. The van der Waals surface area contributed by atoms with Crippen molar-refractivity contribution < 1.29 is 19.3 Å². The van der Waals surface area contributed by atoms with Crippen LogP contribution in [0.3, 0.4) is 0 Å². The van der Waals surface area contributed by atoms with Crippen LogP contribution in [0.4, 0.5) is 0 Å². The monoisotopic (exact) mass is 288 g/mol. The normalized spacial score (nSPS) is 10.2. The number of aryl methyl sites for hydroxylation is 1. The van der Waals surface area contributed by atoms with E-state index >= 15 is 0 Å². The topological polar surface area (TPSA) is 47.9 Å². The van der Waals surface area contributed by atoms with Crippen LogP contribution in [0.5, 0.6) is 17.2 Å². The molecule has 0 aromatic heterocycles. The van der Waals surface area contributed by atoms with Gasteiger partial charge in [0.15, 0.2) is 0 Å². The number of hydrogen-bond donors (Lipinski definition) is 1. The van der Waals surface area contributed by atoms with E-state index < -0.39 is 0 Å². The van der Waals surface area contributed by atoms with Gasteiger partial charge in [-0.1, -0.05) is 18.2 Å². The molecule has 0 heterocycles. The third-order valence-corrected chi connectivity index (χ3v) is 3.12. The number of aliphatic hydroxyl groups is 1. The van der Waals surface area contributed by atoms with Gasteiger partial charge in [0.25, 0.3) is 0 Å². The van der Waals surface area contributed by atoms with Crippen molar-refractivity contribution in [3.8, 4) is 17.2 Å². The van der Waals surface area contributed by atoms with Gasteiger partial charge in [0.05, 0.1) is 13.7 Å². The Bertz CT molecular complexity index is 564. The predicted octanol–water partition coefficient (Wildman–Crippen LogP) is 2.95. The first-order chi connectivity index (χ1) is 10.2. The molecule has 0 amide bonds. The summed E-state index contributed by atoms with van der Waals surface area (Å²) >= 11 is 0. The first-order valence-electron chi connectivity index (χ1n) is 6.83. The SMILES string of the molecule is COc1ccc(OCCOc2c(C)cccc2CO)cc1. The molecule has 0 aliphatic heterocycles. The van der Waals surface area contributed by atoms with E-state index in [9.17, 15) is 5.11 Å². The van der Waals surface area contributed by atoms with Crippen LogP contribution in [0.15, 0.2) is 42.5 Å². The van der Waals surface area contributed by atoms with Gasteiger partial charge in [-0.05, 0) is 36.8 Å². The molecule has 21 heavy (non-hydrogen) atoms. The van der Waals surface area contributed by atoms with Crippen molar-refractivity contribution in [3.05, 3.63) is 53.6 Å². The molecule has 2 aromatic rings. The molecule has 2 aromatic carbocycles. The Morgan fingerprint density at radius 3 is 2.24 bits per heavy atom. The van der Waals surface area contributed by atoms with Crippen molar-refractivity contribution in [1.29, 1.82) is 0 Å². The summed E-state index contributed by atoms with van der Waals surface area (Å²) < 4.78 is 16.4. The van der Waals surface area contributed by atoms with Gasteiger partial charge in [-0.2, -0.15) is 0 Å². The third-order valence-electron chi connectivity index (χ3n) is 3.12.